The van der Waals surface area contributed by atoms with Crippen LogP contribution >= 0.6 is 11.3 Å². The largest absolute Gasteiger partial charge is 0.448 e. The van der Waals surface area contributed by atoms with Gasteiger partial charge in [-0.2, -0.15) is 0 Å². The van der Waals surface area contributed by atoms with Gasteiger partial charge in [0.05, 0.1) is 0 Å². The maximum atomic E-state index is 12.7. The van der Waals surface area contributed by atoms with Crippen LogP contribution in [-0.2, 0) is 28.9 Å². The Morgan fingerprint density at radius 2 is 2.00 bits per heavy atom. The molecule has 1 aliphatic rings. The van der Waals surface area contributed by atoms with Gasteiger partial charge in [0.25, 0.3) is 5.91 Å². The fourth-order valence-corrected chi connectivity index (χ4v) is 4.18. The van der Waals surface area contributed by atoms with Crippen LogP contribution in [0.4, 0.5) is 0 Å². The number of thiophene rings is 1. The summed E-state index contributed by atoms with van der Waals surface area (Å²) in [4.78, 5) is 28.5. The van der Waals surface area contributed by atoms with Crippen molar-refractivity contribution in [3.63, 3.8) is 0 Å². The fraction of sp³-hybridized carbons (Fsp3) is 0.400. The molecule has 0 spiro atoms. The Labute approximate surface area is 152 Å². The van der Waals surface area contributed by atoms with Crippen LogP contribution in [0.3, 0.4) is 0 Å². The van der Waals surface area contributed by atoms with Gasteiger partial charge in [0, 0.05) is 18.0 Å². The Kier molecular flexibility index (Phi) is 5.23. The van der Waals surface area contributed by atoms with E-state index < -0.39 is 12.1 Å². The molecular formula is C20H23NO3S. The molecule has 0 saturated carbocycles. The standard InChI is InChI=1S/C20H23NO3S/c1-4-15-11-18(25-14(15)3)20(23)24-13(2)19(22)21-10-9-16-7-5-6-8-17(16)12-21/h5-8,11,13H,4,9-10,12H2,1-3H3/t13-/m0/s1. The smallest absolute Gasteiger partial charge is 0.349 e. The minimum atomic E-state index is -0.773. The molecule has 2 heterocycles. The molecule has 0 radical (unpaired) electrons. The van der Waals surface area contributed by atoms with E-state index in [-0.39, 0.29) is 5.91 Å². The third-order valence-electron chi connectivity index (χ3n) is 4.68. The zero-order valence-corrected chi connectivity index (χ0v) is 15.7. The zero-order chi connectivity index (χ0) is 18.0. The summed E-state index contributed by atoms with van der Waals surface area (Å²) in [7, 11) is 0. The number of fused-ring (bicyclic) bond motifs is 1. The Morgan fingerprint density at radius 1 is 1.28 bits per heavy atom. The van der Waals surface area contributed by atoms with E-state index >= 15 is 0 Å². The molecule has 5 heteroatoms. The van der Waals surface area contributed by atoms with E-state index in [1.807, 2.05) is 31.2 Å². The van der Waals surface area contributed by atoms with E-state index in [2.05, 4.69) is 13.0 Å². The normalized spacial score (nSPS) is 14.8. The van der Waals surface area contributed by atoms with Crippen LogP contribution < -0.4 is 0 Å². The summed E-state index contributed by atoms with van der Waals surface area (Å²) < 4.78 is 5.43. The van der Waals surface area contributed by atoms with Crippen molar-refractivity contribution in [2.75, 3.05) is 6.54 Å². The van der Waals surface area contributed by atoms with Crippen molar-refractivity contribution >= 4 is 23.2 Å². The van der Waals surface area contributed by atoms with Crippen molar-refractivity contribution in [1.29, 1.82) is 0 Å². The first kappa shape index (κ1) is 17.7. The molecule has 1 aromatic carbocycles. The first-order chi connectivity index (χ1) is 12.0. The molecular weight excluding hydrogens is 334 g/mol. The number of ether oxygens (including phenoxy) is 1. The molecule has 1 aliphatic heterocycles. The molecule has 1 amide bonds. The quantitative estimate of drug-likeness (QED) is 0.783. The van der Waals surface area contributed by atoms with Crippen LogP contribution in [0.15, 0.2) is 30.3 Å². The number of rotatable bonds is 4. The van der Waals surface area contributed by atoms with E-state index in [0.29, 0.717) is 18.0 Å². The minimum Gasteiger partial charge on any atom is -0.448 e. The lowest BCUT2D eigenvalue weighted by Crippen LogP contribution is -2.42. The van der Waals surface area contributed by atoms with E-state index in [4.69, 9.17) is 4.74 Å². The van der Waals surface area contributed by atoms with Crippen LogP contribution in [0.1, 0.15) is 45.1 Å². The minimum absolute atomic E-state index is 0.133. The first-order valence-electron chi connectivity index (χ1n) is 8.65. The zero-order valence-electron chi connectivity index (χ0n) is 14.9. The van der Waals surface area contributed by atoms with Crippen LogP contribution in [-0.4, -0.2) is 29.4 Å². The van der Waals surface area contributed by atoms with Gasteiger partial charge in [-0.15, -0.1) is 11.3 Å². The fourth-order valence-electron chi connectivity index (χ4n) is 3.18. The Morgan fingerprint density at radius 3 is 2.68 bits per heavy atom. The number of hydrogen-bond donors (Lipinski definition) is 0. The number of nitrogens with zero attached hydrogens (tertiary/aromatic N) is 1. The van der Waals surface area contributed by atoms with Crippen LogP contribution in [0.5, 0.6) is 0 Å². The summed E-state index contributed by atoms with van der Waals surface area (Å²) in [5.74, 6) is -0.544. The van der Waals surface area contributed by atoms with Crippen molar-refractivity contribution in [3.8, 4) is 0 Å². The van der Waals surface area contributed by atoms with Gasteiger partial charge >= 0.3 is 5.97 Å². The van der Waals surface area contributed by atoms with Crippen LogP contribution in [0.2, 0.25) is 0 Å². The lowest BCUT2D eigenvalue weighted by atomic mass is 9.99. The van der Waals surface area contributed by atoms with Gasteiger partial charge in [-0.05, 0) is 49.4 Å². The lowest BCUT2D eigenvalue weighted by molar-refractivity contribution is -0.140. The van der Waals surface area contributed by atoms with Crippen LogP contribution in [0.25, 0.3) is 0 Å². The van der Waals surface area contributed by atoms with Gasteiger partial charge in [-0.3, -0.25) is 4.79 Å². The number of esters is 1. The van der Waals surface area contributed by atoms with Crippen molar-refractivity contribution in [2.24, 2.45) is 0 Å². The highest BCUT2D eigenvalue weighted by Gasteiger charge is 2.27. The molecule has 132 valence electrons. The van der Waals surface area contributed by atoms with Crippen molar-refractivity contribution in [3.05, 3.63) is 56.8 Å². The van der Waals surface area contributed by atoms with Gasteiger partial charge < -0.3 is 9.64 Å². The predicted octanol–water partition coefficient (Wildman–Crippen LogP) is 3.75. The molecule has 0 N–H and O–H groups in total. The molecule has 0 fully saturated rings. The van der Waals surface area contributed by atoms with Crippen molar-refractivity contribution < 1.29 is 14.3 Å². The van der Waals surface area contributed by atoms with Crippen LogP contribution in [0, 0.1) is 6.92 Å². The van der Waals surface area contributed by atoms with Gasteiger partial charge in [-0.25, -0.2) is 4.79 Å². The van der Waals surface area contributed by atoms with Gasteiger partial charge in [0.2, 0.25) is 0 Å². The summed E-state index contributed by atoms with van der Waals surface area (Å²) in [6, 6.07) is 10.0. The molecule has 3 rings (SSSR count). The number of hydrogen-bond acceptors (Lipinski definition) is 4. The number of benzene rings is 1. The summed E-state index contributed by atoms with van der Waals surface area (Å²) in [6.45, 7) is 6.96. The molecule has 2 aromatic rings. The summed E-state index contributed by atoms with van der Waals surface area (Å²) in [5, 5.41) is 0. The van der Waals surface area contributed by atoms with Crippen molar-refractivity contribution in [2.45, 2.75) is 46.3 Å². The van der Waals surface area contributed by atoms with Gasteiger partial charge in [-0.1, -0.05) is 31.2 Å². The SMILES string of the molecule is CCc1cc(C(=O)O[C@@H](C)C(=O)N2CCc3ccccc3C2)sc1C. The lowest BCUT2D eigenvalue weighted by Gasteiger charge is -2.30. The predicted molar refractivity (Wildman–Crippen MR) is 98.9 cm³/mol. The molecule has 0 saturated heterocycles. The summed E-state index contributed by atoms with van der Waals surface area (Å²) in [5.41, 5.74) is 3.61. The molecule has 25 heavy (non-hydrogen) atoms. The van der Waals surface area contributed by atoms with Gasteiger partial charge in [0.15, 0.2) is 6.10 Å². The Bertz CT molecular complexity index is 796. The summed E-state index contributed by atoms with van der Waals surface area (Å²) in [6.07, 6.45) is 0.953. The second-order valence-electron chi connectivity index (χ2n) is 6.37. The van der Waals surface area contributed by atoms with Gasteiger partial charge in [0.1, 0.15) is 4.88 Å². The Balaban J connectivity index is 1.64. The summed E-state index contributed by atoms with van der Waals surface area (Å²) >= 11 is 1.43. The van der Waals surface area contributed by atoms with E-state index in [1.165, 1.54) is 22.5 Å². The number of carbonyl (C=O) groups is 2. The molecule has 4 nitrogen and oxygen atoms in total. The molecule has 1 atom stereocenters. The molecule has 0 aliphatic carbocycles. The third kappa shape index (κ3) is 3.76. The maximum absolute atomic E-state index is 12.7. The monoisotopic (exact) mass is 357 g/mol. The highest BCUT2D eigenvalue weighted by Crippen LogP contribution is 2.24. The van der Waals surface area contributed by atoms with E-state index in [1.54, 1.807) is 11.8 Å². The topological polar surface area (TPSA) is 46.6 Å². The second-order valence-corrected chi connectivity index (χ2v) is 7.63. The number of aryl methyl sites for hydroxylation is 2. The number of carbonyl (C=O) groups excluding carboxylic acids is 2. The average molecular weight is 357 g/mol. The highest BCUT2D eigenvalue weighted by atomic mass is 32.1. The first-order valence-corrected chi connectivity index (χ1v) is 9.47. The Hall–Kier alpha value is -2.14. The highest BCUT2D eigenvalue weighted by molar-refractivity contribution is 7.14. The second kappa shape index (κ2) is 7.40. The average Bonchev–Trinajstić information content (AvgIpc) is 3.01. The number of amides is 1. The van der Waals surface area contributed by atoms with Crippen molar-refractivity contribution in [1.82, 2.24) is 4.90 Å². The third-order valence-corrected chi connectivity index (χ3v) is 5.75. The molecule has 1 aromatic heterocycles. The maximum Gasteiger partial charge on any atom is 0.349 e. The van der Waals surface area contributed by atoms with E-state index in [9.17, 15) is 9.59 Å². The van der Waals surface area contributed by atoms with E-state index in [0.717, 1.165) is 23.3 Å². The molecule has 0 unspecified atom stereocenters. The molecule has 0 bridgehead atoms.